The third kappa shape index (κ3) is 3.84. The highest BCUT2D eigenvalue weighted by Gasteiger charge is 2.54. The summed E-state index contributed by atoms with van der Waals surface area (Å²) < 4.78 is 5.02. The normalized spacial score (nSPS) is 27.9. The van der Waals surface area contributed by atoms with Crippen LogP contribution in [0.3, 0.4) is 0 Å². The molecule has 0 spiro atoms. The van der Waals surface area contributed by atoms with Gasteiger partial charge in [-0.1, -0.05) is 19.6 Å². The van der Waals surface area contributed by atoms with Crippen LogP contribution in [0.4, 0.5) is 0 Å². The van der Waals surface area contributed by atoms with Crippen LogP contribution in [0.2, 0.25) is 19.6 Å². The second-order valence-corrected chi connectivity index (χ2v) is 10.7. The van der Waals surface area contributed by atoms with Crippen molar-refractivity contribution >= 4 is 25.6 Å². The highest BCUT2D eigenvalue weighted by atomic mass is 35.5. The summed E-state index contributed by atoms with van der Waals surface area (Å²) in [7, 11) is -1.35. The first-order chi connectivity index (χ1) is 7.28. The number of esters is 1. The molecule has 1 rings (SSSR count). The summed E-state index contributed by atoms with van der Waals surface area (Å²) in [6, 6.07) is 0. The second kappa shape index (κ2) is 4.81. The molecule has 0 unspecified atom stereocenters. The largest absolute Gasteiger partial charge is 0.464 e. The third-order valence-corrected chi connectivity index (χ3v) is 3.60. The zero-order valence-electron chi connectivity index (χ0n) is 10.4. The topological polar surface area (TPSA) is 26.3 Å². The van der Waals surface area contributed by atoms with E-state index >= 15 is 0 Å². The Morgan fingerprint density at radius 1 is 1.56 bits per heavy atom. The Labute approximate surface area is 104 Å². The van der Waals surface area contributed by atoms with Gasteiger partial charge < -0.3 is 4.74 Å². The Bertz CT molecular complexity index is 337. The minimum atomic E-state index is -1.35. The lowest BCUT2D eigenvalue weighted by atomic mass is 10.1. The van der Waals surface area contributed by atoms with Crippen molar-refractivity contribution in [3.8, 4) is 11.5 Å². The molecular weight excluding hydrogens is 240 g/mol. The van der Waals surface area contributed by atoms with Gasteiger partial charge in [0, 0.05) is 5.41 Å². The molecule has 1 aliphatic rings. The van der Waals surface area contributed by atoms with Crippen LogP contribution < -0.4 is 0 Å². The predicted molar refractivity (Wildman–Crippen MR) is 69.0 cm³/mol. The van der Waals surface area contributed by atoms with Crippen LogP contribution in [0.1, 0.15) is 13.3 Å². The number of alkyl halides is 1. The van der Waals surface area contributed by atoms with Gasteiger partial charge in [-0.2, -0.15) is 0 Å². The monoisotopic (exact) mass is 258 g/mol. The average molecular weight is 259 g/mol. The first-order valence-corrected chi connectivity index (χ1v) is 9.59. The fourth-order valence-corrected chi connectivity index (χ4v) is 2.15. The molecule has 0 radical (unpaired) electrons. The standard InChI is InChI=1S/C12H19ClO2Si/c1-12(5-8-16(2,3)4)9-10(12)11(14)15-7-6-13/h10H,6-7,9H2,1-4H3/t10-,12+/m1/s1. The van der Waals surface area contributed by atoms with Crippen molar-refractivity contribution in [2.24, 2.45) is 11.3 Å². The molecule has 2 atom stereocenters. The minimum absolute atomic E-state index is 0.0421. The Morgan fingerprint density at radius 2 is 2.19 bits per heavy atom. The number of hydrogen-bond acceptors (Lipinski definition) is 2. The molecule has 0 aliphatic heterocycles. The van der Waals surface area contributed by atoms with Gasteiger partial charge in [-0.05, 0) is 13.3 Å². The molecule has 0 aromatic carbocycles. The van der Waals surface area contributed by atoms with E-state index in [4.69, 9.17) is 16.3 Å². The highest BCUT2D eigenvalue weighted by molar-refractivity contribution is 6.83. The molecule has 0 heterocycles. The Hall–Kier alpha value is -0.463. The molecule has 90 valence electrons. The van der Waals surface area contributed by atoms with Gasteiger partial charge in [-0.3, -0.25) is 4.79 Å². The summed E-state index contributed by atoms with van der Waals surface area (Å²) >= 11 is 5.46. The number of halogens is 1. The van der Waals surface area contributed by atoms with Crippen LogP contribution >= 0.6 is 11.6 Å². The van der Waals surface area contributed by atoms with Crippen LogP contribution in [0.25, 0.3) is 0 Å². The molecule has 1 fully saturated rings. The number of carbonyl (C=O) groups is 1. The Kier molecular flexibility index (Phi) is 4.09. The molecule has 1 aliphatic carbocycles. The van der Waals surface area contributed by atoms with Crippen molar-refractivity contribution in [3.63, 3.8) is 0 Å². The summed E-state index contributed by atoms with van der Waals surface area (Å²) in [5.74, 6) is 3.43. The van der Waals surface area contributed by atoms with Crippen molar-refractivity contribution in [2.75, 3.05) is 12.5 Å². The van der Waals surface area contributed by atoms with E-state index in [1.807, 2.05) is 6.92 Å². The van der Waals surface area contributed by atoms with Crippen molar-refractivity contribution in [2.45, 2.75) is 33.0 Å². The van der Waals surface area contributed by atoms with Gasteiger partial charge in [0.25, 0.3) is 0 Å². The van der Waals surface area contributed by atoms with Gasteiger partial charge in [-0.15, -0.1) is 23.1 Å². The number of ether oxygens (including phenoxy) is 1. The first kappa shape index (κ1) is 13.6. The Morgan fingerprint density at radius 3 is 2.69 bits per heavy atom. The Balaban J connectivity index is 2.52. The minimum Gasteiger partial charge on any atom is -0.464 e. The zero-order valence-corrected chi connectivity index (χ0v) is 12.1. The average Bonchev–Trinajstić information content (AvgIpc) is 2.84. The van der Waals surface area contributed by atoms with Crippen molar-refractivity contribution in [1.29, 1.82) is 0 Å². The van der Waals surface area contributed by atoms with Crippen LogP contribution in [0, 0.1) is 22.8 Å². The molecule has 2 nitrogen and oxygen atoms in total. The number of rotatable bonds is 3. The first-order valence-electron chi connectivity index (χ1n) is 5.55. The summed E-state index contributed by atoms with van der Waals surface area (Å²) in [6.07, 6.45) is 0.825. The summed E-state index contributed by atoms with van der Waals surface area (Å²) in [5, 5.41) is 0. The summed E-state index contributed by atoms with van der Waals surface area (Å²) in [4.78, 5) is 11.6. The fraction of sp³-hybridized carbons (Fsp3) is 0.750. The smallest absolute Gasteiger partial charge is 0.310 e. The van der Waals surface area contributed by atoms with E-state index in [1.54, 1.807) is 0 Å². The van der Waals surface area contributed by atoms with E-state index in [0.717, 1.165) is 6.42 Å². The van der Waals surface area contributed by atoms with Crippen molar-refractivity contribution in [3.05, 3.63) is 0 Å². The summed E-state index contributed by atoms with van der Waals surface area (Å²) in [5.41, 5.74) is 3.17. The van der Waals surface area contributed by atoms with Crippen LogP contribution in [-0.2, 0) is 9.53 Å². The molecule has 0 bridgehead atoms. The highest BCUT2D eigenvalue weighted by Crippen LogP contribution is 2.52. The maximum Gasteiger partial charge on any atom is 0.310 e. The van der Waals surface area contributed by atoms with Gasteiger partial charge in [0.1, 0.15) is 14.7 Å². The molecule has 0 aromatic rings. The molecule has 16 heavy (non-hydrogen) atoms. The molecule has 0 aromatic heterocycles. The lowest BCUT2D eigenvalue weighted by Gasteiger charge is -2.07. The van der Waals surface area contributed by atoms with Gasteiger partial charge >= 0.3 is 5.97 Å². The number of hydrogen-bond donors (Lipinski definition) is 0. The van der Waals surface area contributed by atoms with Gasteiger partial charge in [0.15, 0.2) is 0 Å². The maximum absolute atomic E-state index is 11.6. The zero-order chi connectivity index (χ0) is 12.4. The second-order valence-electron chi connectivity index (χ2n) is 5.53. The van der Waals surface area contributed by atoms with Gasteiger partial charge in [0.05, 0.1) is 11.8 Å². The van der Waals surface area contributed by atoms with Crippen LogP contribution in [0.5, 0.6) is 0 Å². The molecule has 4 heteroatoms. The summed E-state index contributed by atoms with van der Waals surface area (Å²) in [6.45, 7) is 8.94. The SMILES string of the molecule is C[C@]1(C#C[Si](C)(C)C)C[C@@H]1C(=O)OCCCl. The van der Waals surface area contributed by atoms with E-state index < -0.39 is 8.07 Å². The molecule has 0 N–H and O–H groups in total. The van der Waals surface area contributed by atoms with E-state index in [1.165, 1.54) is 0 Å². The van der Waals surface area contributed by atoms with Crippen LogP contribution in [-0.4, -0.2) is 26.5 Å². The van der Waals surface area contributed by atoms with E-state index in [0.29, 0.717) is 12.5 Å². The van der Waals surface area contributed by atoms with Crippen LogP contribution in [0.15, 0.2) is 0 Å². The number of carbonyl (C=O) groups excluding carboxylic acids is 1. The van der Waals surface area contributed by atoms with E-state index in [9.17, 15) is 4.79 Å². The fourth-order valence-electron chi connectivity index (χ4n) is 1.42. The molecule has 0 amide bonds. The predicted octanol–water partition coefficient (Wildman–Crippen LogP) is 2.68. The lowest BCUT2D eigenvalue weighted by molar-refractivity contribution is -0.145. The van der Waals surface area contributed by atoms with E-state index in [2.05, 4.69) is 31.1 Å². The van der Waals surface area contributed by atoms with Gasteiger partial charge in [-0.25, -0.2) is 0 Å². The molecular formula is C12H19ClO2Si. The third-order valence-electron chi connectivity index (χ3n) is 2.57. The van der Waals surface area contributed by atoms with Crippen molar-refractivity contribution < 1.29 is 9.53 Å². The maximum atomic E-state index is 11.6. The molecule has 0 saturated heterocycles. The van der Waals surface area contributed by atoms with Crippen molar-refractivity contribution in [1.82, 2.24) is 0 Å². The quantitative estimate of drug-likeness (QED) is 0.337. The van der Waals surface area contributed by atoms with E-state index in [-0.39, 0.29) is 17.3 Å². The lowest BCUT2D eigenvalue weighted by Crippen LogP contribution is -2.18. The molecule has 1 saturated carbocycles. The van der Waals surface area contributed by atoms with Gasteiger partial charge in [0.2, 0.25) is 0 Å².